The number of ether oxygens (including phenoxy) is 1. The third-order valence-corrected chi connectivity index (χ3v) is 4.81. The lowest BCUT2D eigenvalue weighted by atomic mass is 9.71. The zero-order valence-electron chi connectivity index (χ0n) is 10.4. The molecule has 0 aromatic rings. The lowest BCUT2D eigenvalue weighted by Gasteiger charge is -2.57. The van der Waals surface area contributed by atoms with E-state index >= 15 is 0 Å². The maximum atomic E-state index is 5.53. The van der Waals surface area contributed by atoms with Gasteiger partial charge in [0.15, 0.2) is 0 Å². The van der Waals surface area contributed by atoms with Crippen LogP contribution in [0.25, 0.3) is 0 Å². The van der Waals surface area contributed by atoms with Crippen molar-refractivity contribution in [1.82, 2.24) is 10.2 Å². The standard InChI is InChI=1S/C13H24N2O/c1-11-8-16-7-2-12(11)15-9-13(10-15)3-5-14-6-4-13/h11-12,14H,2-10H2,1H3. The van der Waals surface area contributed by atoms with Crippen molar-refractivity contribution in [1.29, 1.82) is 0 Å². The largest absolute Gasteiger partial charge is 0.381 e. The van der Waals surface area contributed by atoms with Crippen LogP contribution in [0.1, 0.15) is 26.2 Å². The van der Waals surface area contributed by atoms with E-state index in [0.29, 0.717) is 5.41 Å². The van der Waals surface area contributed by atoms with Gasteiger partial charge in [-0.05, 0) is 43.7 Å². The van der Waals surface area contributed by atoms with Crippen LogP contribution in [0.3, 0.4) is 0 Å². The lowest BCUT2D eigenvalue weighted by Crippen LogP contribution is -2.64. The molecule has 0 amide bonds. The lowest BCUT2D eigenvalue weighted by molar-refractivity contribution is -0.0970. The molecule has 3 aliphatic rings. The van der Waals surface area contributed by atoms with Crippen molar-refractivity contribution in [3.63, 3.8) is 0 Å². The second-order valence-corrected chi connectivity index (χ2v) is 6.06. The smallest absolute Gasteiger partial charge is 0.0506 e. The van der Waals surface area contributed by atoms with Crippen LogP contribution < -0.4 is 5.32 Å². The Labute approximate surface area is 98.5 Å². The zero-order valence-corrected chi connectivity index (χ0v) is 10.4. The predicted octanol–water partition coefficient (Wildman–Crippen LogP) is 1.10. The van der Waals surface area contributed by atoms with E-state index in [4.69, 9.17) is 4.74 Å². The van der Waals surface area contributed by atoms with Gasteiger partial charge in [0.1, 0.15) is 0 Å². The molecule has 3 rings (SSSR count). The van der Waals surface area contributed by atoms with Crippen LogP contribution in [0.4, 0.5) is 0 Å². The van der Waals surface area contributed by atoms with Gasteiger partial charge in [0, 0.05) is 25.7 Å². The Morgan fingerprint density at radius 2 is 2.00 bits per heavy atom. The molecule has 16 heavy (non-hydrogen) atoms. The molecular formula is C13H24N2O. The monoisotopic (exact) mass is 224 g/mol. The van der Waals surface area contributed by atoms with Gasteiger partial charge in [0.25, 0.3) is 0 Å². The number of nitrogens with one attached hydrogen (secondary N) is 1. The van der Waals surface area contributed by atoms with Crippen LogP contribution >= 0.6 is 0 Å². The van der Waals surface area contributed by atoms with Gasteiger partial charge in [-0.15, -0.1) is 0 Å². The van der Waals surface area contributed by atoms with Crippen LogP contribution in [0, 0.1) is 11.3 Å². The summed E-state index contributed by atoms with van der Waals surface area (Å²) in [6.07, 6.45) is 4.03. The summed E-state index contributed by atoms with van der Waals surface area (Å²) < 4.78 is 5.53. The number of likely N-dealkylation sites (tertiary alicyclic amines) is 1. The molecule has 2 atom stereocenters. The molecule has 0 aromatic carbocycles. The molecule has 1 spiro atoms. The second-order valence-electron chi connectivity index (χ2n) is 6.06. The first kappa shape index (κ1) is 11.0. The average Bonchev–Trinajstić information content (AvgIpc) is 2.28. The highest BCUT2D eigenvalue weighted by molar-refractivity contribution is 5.00. The minimum Gasteiger partial charge on any atom is -0.381 e. The Kier molecular flexibility index (Phi) is 2.94. The van der Waals surface area contributed by atoms with Gasteiger partial charge in [-0.25, -0.2) is 0 Å². The van der Waals surface area contributed by atoms with E-state index in [2.05, 4.69) is 17.1 Å². The number of piperidine rings is 1. The fourth-order valence-electron chi connectivity index (χ4n) is 3.73. The van der Waals surface area contributed by atoms with E-state index in [1.54, 1.807) is 0 Å². The Bertz CT molecular complexity index is 242. The molecule has 3 saturated heterocycles. The van der Waals surface area contributed by atoms with Gasteiger partial charge in [-0.2, -0.15) is 0 Å². The molecule has 0 aliphatic carbocycles. The molecule has 92 valence electrons. The Hall–Kier alpha value is -0.120. The molecule has 1 N–H and O–H groups in total. The molecule has 3 heterocycles. The quantitative estimate of drug-likeness (QED) is 0.722. The fraction of sp³-hybridized carbons (Fsp3) is 1.00. The highest BCUT2D eigenvalue weighted by Gasteiger charge is 2.46. The van der Waals surface area contributed by atoms with Gasteiger partial charge in [-0.1, -0.05) is 6.92 Å². The summed E-state index contributed by atoms with van der Waals surface area (Å²) in [6.45, 7) is 9.45. The summed E-state index contributed by atoms with van der Waals surface area (Å²) in [5, 5.41) is 3.47. The van der Waals surface area contributed by atoms with E-state index in [9.17, 15) is 0 Å². The van der Waals surface area contributed by atoms with Crippen molar-refractivity contribution < 1.29 is 4.74 Å². The Morgan fingerprint density at radius 1 is 1.25 bits per heavy atom. The molecule has 3 heteroatoms. The highest BCUT2D eigenvalue weighted by Crippen LogP contribution is 2.41. The molecule has 3 aliphatic heterocycles. The van der Waals surface area contributed by atoms with Crippen molar-refractivity contribution in [3.8, 4) is 0 Å². The van der Waals surface area contributed by atoms with E-state index in [0.717, 1.165) is 25.2 Å². The van der Waals surface area contributed by atoms with Crippen molar-refractivity contribution in [2.45, 2.75) is 32.2 Å². The second kappa shape index (κ2) is 4.28. The summed E-state index contributed by atoms with van der Waals surface area (Å²) in [6, 6.07) is 0.800. The summed E-state index contributed by atoms with van der Waals surface area (Å²) in [7, 11) is 0. The topological polar surface area (TPSA) is 24.5 Å². The van der Waals surface area contributed by atoms with E-state index in [-0.39, 0.29) is 0 Å². The molecule has 2 unspecified atom stereocenters. The minimum atomic E-state index is 0.684. The first-order chi connectivity index (χ1) is 7.79. The average molecular weight is 224 g/mol. The van der Waals surface area contributed by atoms with Gasteiger partial charge in [0.05, 0.1) is 6.61 Å². The van der Waals surface area contributed by atoms with Crippen LogP contribution in [0.15, 0.2) is 0 Å². The number of rotatable bonds is 1. The SMILES string of the molecule is CC1COCCC1N1CC2(CCNCC2)C1. The molecule has 0 radical (unpaired) electrons. The zero-order chi connectivity index (χ0) is 11.0. The number of hydrogen-bond donors (Lipinski definition) is 1. The van der Waals surface area contributed by atoms with Gasteiger partial charge in [0.2, 0.25) is 0 Å². The molecule has 0 bridgehead atoms. The van der Waals surface area contributed by atoms with Gasteiger partial charge >= 0.3 is 0 Å². The minimum absolute atomic E-state index is 0.684. The summed E-state index contributed by atoms with van der Waals surface area (Å²) >= 11 is 0. The summed E-state index contributed by atoms with van der Waals surface area (Å²) in [5.74, 6) is 0.729. The first-order valence-corrected chi connectivity index (χ1v) is 6.82. The molecule has 3 nitrogen and oxygen atoms in total. The third-order valence-electron chi connectivity index (χ3n) is 4.81. The van der Waals surface area contributed by atoms with E-state index < -0.39 is 0 Å². The third kappa shape index (κ3) is 1.89. The van der Waals surface area contributed by atoms with Crippen LogP contribution in [-0.4, -0.2) is 50.3 Å². The van der Waals surface area contributed by atoms with Gasteiger partial charge < -0.3 is 10.1 Å². The molecule has 0 aromatic heterocycles. The van der Waals surface area contributed by atoms with E-state index in [1.165, 1.54) is 45.4 Å². The van der Waals surface area contributed by atoms with Crippen LogP contribution in [0.2, 0.25) is 0 Å². The fourth-order valence-corrected chi connectivity index (χ4v) is 3.73. The van der Waals surface area contributed by atoms with Crippen molar-refractivity contribution in [3.05, 3.63) is 0 Å². The van der Waals surface area contributed by atoms with Crippen molar-refractivity contribution in [2.24, 2.45) is 11.3 Å². The highest BCUT2D eigenvalue weighted by atomic mass is 16.5. The predicted molar refractivity (Wildman–Crippen MR) is 64.5 cm³/mol. The van der Waals surface area contributed by atoms with Crippen molar-refractivity contribution in [2.75, 3.05) is 39.4 Å². The summed E-state index contributed by atoms with van der Waals surface area (Å²) in [5.41, 5.74) is 0.684. The maximum absolute atomic E-state index is 5.53. The maximum Gasteiger partial charge on any atom is 0.0506 e. The van der Waals surface area contributed by atoms with Gasteiger partial charge in [-0.3, -0.25) is 4.90 Å². The normalized spacial score (nSPS) is 39.6. The van der Waals surface area contributed by atoms with Crippen LogP contribution in [-0.2, 0) is 4.74 Å². The summed E-state index contributed by atoms with van der Waals surface area (Å²) in [4.78, 5) is 2.72. The molecular weight excluding hydrogens is 200 g/mol. The Morgan fingerprint density at radius 3 is 2.69 bits per heavy atom. The Balaban J connectivity index is 1.55. The first-order valence-electron chi connectivity index (χ1n) is 6.82. The molecule has 0 saturated carbocycles. The van der Waals surface area contributed by atoms with Crippen molar-refractivity contribution >= 4 is 0 Å². The van der Waals surface area contributed by atoms with Crippen LogP contribution in [0.5, 0.6) is 0 Å². The van der Waals surface area contributed by atoms with E-state index in [1.807, 2.05) is 0 Å². The number of hydrogen-bond acceptors (Lipinski definition) is 3. The molecule has 3 fully saturated rings. The number of nitrogens with zero attached hydrogens (tertiary/aromatic N) is 1.